The van der Waals surface area contributed by atoms with Crippen LogP contribution in [0.3, 0.4) is 0 Å². The molecule has 2 amide bonds. The molecule has 8 rings (SSSR count). The molecule has 56 heavy (non-hydrogen) atoms. The molecule has 0 bridgehead atoms. The molecule has 2 aliphatic rings. The van der Waals surface area contributed by atoms with Gasteiger partial charge in [0.2, 0.25) is 11.9 Å². The van der Waals surface area contributed by atoms with Crippen molar-refractivity contribution in [3.05, 3.63) is 144 Å². The minimum absolute atomic E-state index is 0.146. The lowest BCUT2D eigenvalue weighted by Gasteiger charge is -2.31. The van der Waals surface area contributed by atoms with Crippen LogP contribution in [0.2, 0.25) is 0 Å². The molecule has 6 heterocycles. The minimum Gasteiger partial charge on any atom is -0.448 e. The zero-order chi connectivity index (χ0) is 39.3. The molecule has 4 aromatic heterocycles. The molecular weight excluding hydrogens is 742 g/mol. The first kappa shape index (κ1) is 38.0. The topological polar surface area (TPSA) is 118 Å². The summed E-state index contributed by atoms with van der Waals surface area (Å²) >= 11 is 0. The van der Waals surface area contributed by atoms with Crippen molar-refractivity contribution in [3.8, 4) is 22.5 Å². The van der Waals surface area contributed by atoms with Crippen molar-refractivity contribution < 1.29 is 44.8 Å². The number of hydrogen-bond acceptors (Lipinski definition) is 8. The second-order valence-corrected chi connectivity index (χ2v) is 13.3. The van der Waals surface area contributed by atoms with Gasteiger partial charge < -0.3 is 18.6 Å². The van der Waals surface area contributed by atoms with Crippen molar-refractivity contribution in [2.24, 2.45) is 0 Å². The van der Waals surface area contributed by atoms with E-state index in [-0.39, 0.29) is 51.7 Å². The zero-order valence-corrected chi connectivity index (χ0v) is 29.5. The summed E-state index contributed by atoms with van der Waals surface area (Å²) in [6.07, 6.45) is 8.10. The second kappa shape index (κ2) is 16.6. The predicted octanol–water partition coefficient (Wildman–Crippen LogP) is 8.35. The van der Waals surface area contributed by atoms with Crippen molar-refractivity contribution in [1.29, 1.82) is 0 Å². The van der Waals surface area contributed by atoms with E-state index in [1.54, 1.807) is 9.80 Å². The van der Waals surface area contributed by atoms with Crippen LogP contribution in [0.5, 0.6) is 0 Å². The summed E-state index contributed by atoms with van der Waals surface area (Å²) in [6.45, 7) is 1.84. The highest BCUT2D eigenvalue weighted by molar-refractivity contribution is 5.94. The number of nitrogens with zero attached hydrogens (tertiary/aromatic N) is 6. The van der Waals surface area contributed by atoms with Crippen LogP contribution in [0.4, 0.5) is 26.3 Å². The summed E-state index contributed by atoms with van der Waals surface area (Å²) in [5.41, 5.74) is 1.38. The Hall–Kier alpha value is -6.32. The molecule has 10 nitrogen and oxygen atoms in total. The maximum Gasteiger partial charge on any atom is 0.255 e. The van der Waals surface area contributed by atoms with Gasteiger partial charge in [-0.15, -0.1) is 0 Å². The fourth-order valence-electron chi connectivity index (χ4n) is 6.72. The number of amides is 2. The maximum absolute atomic E-state index is 14.0. The summed E-state index contributed by atoms with van der Waals surface area (Å²) in [5, 5.41) is 0. The largest absolute Gasteiger partial charge is 0.448 e. The molecule has 0 aliphatic carbocycles. The van der Waals surface area contributed by atoms with Crippen LogP contribution in [0.15, 0.2) is 94.4 Å². The zero-order valence-electron chi connectivity index (χ0n) is 29.5. The van der Waals surface area contributed by atoms with Crippen LogP contribution in [-0.4, -0.2) is 67.7 Å². The highest BCUT2D eigenvalue weighted by Crippen LogP contribution is 2.32. The lowest BCUT2D eigenvalue weighted by atomic mass is 9.97. The summed E-state index contributed by atoms with van der Waals surface area (Å²) in [5.74, 6) is -4.19. The standard InChI is InChI=1S/2C20H16F3N3O2/c21-14-4-5-15(16(22)8-14)17-11-28-19(25-17)13-2-1-7-26(10-13)20(27)12-3-6-18(23)24-9-12;21-14-3-4-15(16(22)9-14)17-11-28-19(25-17)13-2-1-7-26(10-13)20(27)12-5-6-24-18(23)8-12/h2*3-6,8-9,11,13H,1-2,7,10H2/t2*13-/m00/s1. The Kier molecular flexibility index (Phi) is 11.2. The molecule has 0 radical (unpaired) electrons. The van der Waals surface area contributed by atoms with Crippen molar-refractivity contribution in [2.75, 3.05) is 26.2 Å². The van der Waals surface area contributed by atoms with Gasteiger partial charge in [0, 0.05) is 73.5 Å². The van der Waals surface area contributed by atoms with Crippen LogP contribution >= 0.6 is 0 Å². The van der Waals surface area contributed by atoms with Crippen molar-refractivity contribution >= 4 is 11.8 Å². The highest BCUT2D eigenvalue weighted by atomic mass is 19.2. The first-order chi connectivity index (χ1) is 27.0. The summed E-state index contributed by atoms with van der Waals surface area (Å²) in [7, 11) is 0. The van der Waals surface area contributed by atoms with E-state index in [0.29, 0.717) is 43.5 Å². The number of likely N-dealkylation sites (tertiary alicyclic amines) is 2. The van der Waals surface area contributed by atoms with E-state index in [1.807, 2.05) is 0 Å². The fraction of sp³-hybridized carbons (Fsp3) is 0.250. The molecule has 2 fully saturated rings. The number of rotatable bonds is 6. The van der Waals surface area contributed by atoms with Crippen LogP contribution in [-0.2, 0) is 0 Å². The van der Waals surface area contributed by atoms with E-state index < -0.39 is 35.2 Å². The SMILES string of the molecule is O=C(c1ccc(F)nc1)N1CCC[C@H](c2nc(-c3ccc(F)cc3F)co2)C1.O=C(c1ccnc(F)c1)N1CCC[C@H](c2nc(-c3ccc(F)cc3F)co2)C1. The van der Waals surface area contributed by atoms with Crippen molar-refractivity contribution in [1.82, 2.24) is 29.7 Å². The average molecular weight is 775 g/mol. The van der Waals surface area contributed by atoms with E-state index in [9.17, 15) is 35.9 Å². The monoisotopic (exact) mass is 774 g/mol. The number of carbonyl (C=O) groups is 2. The minimum atomic E-state index is -0.722. The Morgan fingerprint density at radius 3 is 1.62 bits per heavy atom. The number of carbonyl (C=O) groups excluding carboxylic acids is 2. The molecule has 2 atom stereocenters. The Morgan fingerprint density at radius 2 is 1.14 bits per heavy atom. The Labute approximate surface area is 315 Å². The summed E-state index contributed by atoms with van der Waals surface area (Å²) < 4.78 is 91.4. The maximum atomic E-state index is 14.0. The van der Waals surface area contributed by atoms with Crippen LogP contribution in [0.25, 0.3) is 22.5 Å². The lowest BCUT2D eigenvalue weighted by Crippen LogP contribution is -2.39. The Balaban J connectivity index is 0.000000172. The van der Waals surface area contributed by atoms with Gasteiger partial charge in [-0.2, -0.15) is 8.78 Å². The number of halogens is 6. The third-order valence-electron chi connectivity index (χ3n) is 9.52. The second-order valence-electron chi connectivity index (χ2n) is 13.3. The molecule has 16 heteroatoms. The number of hydrogen-bond donors (Lipinski definition) is 0. The van der Waals surface area contributed by atoms with Gasteiger partial charge in [-0.3, -0.25) is 9.59 Å². The van der Waals surface area contributed by atoms with Gasteiger partial charge in [-0.25, -0.2) is 37.5 Å². The Morgan fingerprint density at radius 1 is 0.607 bits per heavy atom. The quantitative estimate of drug-likeness (QED) is 0.122. The lowest BCUT2D eigenvalue weighted by molar-refractivity contribution is 0.0690. The average Bonchev–Trinajstić information content (AvgIpc) is 3.90. The number of pyridine rings is 2. The molecule has 0 N–H and O–H groups in total. The van der Waals surface area contributed by atoms with Gasteiger partial charge in [-0.05, 0) is 68.1 Å². The number of benzene rings is 2. The van der Waals surface area contributed by atoms with Crippen molar-refractivity contribution in [2.45, 2.75) is 37.5 Å². The number of piperidine rings is 2. The smallest absolute Gasteiger partial charge is 0.255 e. The van der Waals surface area contributed by atoms with Gasteiger partial charge >= 0.3 is 0 Å². The van der Waals surface area contributed by atoms with Gasteiger partial charge in [0.1, 0.15) is 47.2 Å². The van der Waals surface area contributed by atoms with Crippen LogP contribution in [0.1, 0.15) is 70.0 Å². The normalized spacial score (nSPS) is 17.0. The highest BCUT2D eigenvalue weighted by Gasteiger charge is 2.30. The van der Waals surface area contributed by atoms with Gasteiger partial charge in [0.25, 0.3) is 11.8 Å². The van der Waals surface area contributed by atoms with Crippen LogP contribution < -0.4 is 0 Å². The molecule has 2 aromatic carbocycles. The molecule has 288 valence electrons. The third-order valence-corrected chi connectivity index (χ3v) is 9.52. The molecule has 0 spiro atoms. The number of oxazole rings is 2. The molecule has 6 aromatic rings. The van der Waals surface area contributed by atoms with Crippen molar-refractivity contribution in [3.63, 3.8) is 0 Å². The van der Waals surface area contributed by atoms with Gasteiger partial charge in [0.15, 0.2) is 11.8 Å². The van der Waals surface area contributed by atoms with E-state index in [0.717, 1.165) is 62.1 Å². The van der Waals surface area contributed by atoms with E-state index in [2.05, 4.69) is 19.9 Å². The van der Waals surface area contributed by atoms with Crippen LogP contribution in [0, 0.1) is 35.2 Å². The fourth-order valence-corrected chi connectivity index (χ4v) is 6.72. The van der Waals surface area contributed by atoms with E-state index in [4.69, 9.17) is 8.83 Å². The Bertz CT molecular complexity index is 2350. The molecule has 0 saturated carbocycles. The molecular formula is C40H32F6N6O4. The summed E-state index contributed by atoms with van der Waals surface area (Å²) in [6, 6.07) is 11.6. The van der Waals surface area contributed by atoms with E-state index in [1.165, 1.54) is 49.2 Å². The molecule has 2 aliphatic heterocycles. The van der Waals surface area contributed by atoms with Gasteiger partial charge in [-0.1, -0.05) is 0 Å². The predicted molar refractivity (Wildman–Crippen MR) is 188 cm³/mol. The van der Waals surface area contributed by atoms with Gasteiger partial charge in [0.05, 0.1) is 17.4 Å². The number of aromatic nitrogens is 4. The molecule has 2 saturated heterocycles. The first-order valence-electron chi connectivity index (χ1n) is 17.7. The first-order valence-corrected chi connectivity index (χ1v) is 17.7. The summed E-state index contributed by atoms with van der Waals surface area (Å²) in [4.78, 5) is 44.2. The molecule has 0 unspecified atom stereocenters. The van der Waals surface area contributed by atoms with E-state index >= 15 is 0 Å². The third kappa shape index (κ3) is 8.64.